The lowest BCUT2D eigenvalue weighted by Crippen LogP contribution is -2.55. The summed E-state index contributed by atoms with van der Waals surface area (Å²) in [5.41, 5.74) is 0.891. The zero-order valence-electron chi connectivity index (χ0n) is 11.2. The highest BCUT2D eigenvalue weighted by Crippen LogP contribution is 2.34. The van der Waals surface area contributed by atoms with Crippen LogP contribution < -0.4 is 5.32 Å². The Balaban J connectivity index is 1.57. The number of rotatable bonds is 4. The Bertz CT molecular complexity index is 634. The molecule has 108 valence electrons. The summed E-state index contributed by atoms with van der Waals surface area (Å²) in [7, 11) is -3.14. The van der Waals surface area contributed by atoms with Gasteiger partial charge >= 0.3 is 0 Å². The van der Waals surface area contributed by atoms with E-state index in [0.29, 0.717) is 5.82 Å². The van der Waals surface area contributed by atoms with E-state index in [9.17, 15) is 13.2 Å². The van der Waals surface area contributed by atoms with E-state index in [1.807, 2.05) is 13.0 Å². The number of carbonyl (C=O) groups is 1. The van der Waals surface area contributed by atoms with E-state index in [2.05, 4.69) is 10.3 Å². The highest BCUT2D eigenvalue weighted by molar-refractivity contribution is 7.90. The zero-order valence-corrected chi connectivity index (χ0v) is 12.1. The number of anilines is 1. The van der Waals surface area contributed by atoms with E-state index in [0.717, 1.165) is 18.4 Å². The van der Waals surface area contributed by atoms with E-state index in [1.54, 1.807) is 12.3 Å². The molecular weight excluding hydrogens is 278 g/mol. The molecule has 0 atom stereocenters. The third-order valence-corrected chi connectivity index (χ3v) is 6.11. The minimum Gasteiger partial charge on any atom is -0.310 e. The maximum atomic E-state index is 12.0. The van der Waals surface area contributed by atoms with Crippen LogP contribution in [0.3, 0.4) is 0 Å². The molecule has 6 nitrogen and oxygen atoms in total. The number of aryl methyl sites for hydroxylation is 1. The second kappa shape index (κ2) is 4.82. The molecule has 7 heteroatoms. The molecule has 2 heterocycles. The predicted octanol–water partition coefficient (Wildman–Crippen LogP) is 0.753. The monoisotopic (exact) mass is 295 g/mol. The van der Waals surface area contributed by atoms with Crippen LogP contribution in [-0.4, -0.2) is 42.0 Å². The van der Waals surface area contributed by atoms with Gasteiger partial charge in [-0.25, -0.2) is 13.4 Å². The molecule has 0 aromatic carbocycles. The van der Waals surface area contributed by atoms with E-state index in [-0.39, 0.29) is 30.2 Å². The SMILES string of the molecule is Cc1cccnc1NC(=O)C1CN(S(=O)(=O)C2CC2)C1. The van der Waals surface area contributed by atoms with Gasteiger partial charge in [0.15, 0.2) is 0 Å². The van der Waals surface area contributed by atoms with Gasteiger partial charge in [0, 0.05) is 19.3 Å². The van der Waals surface area contributed by atoms with Gasteiger partial charge < -0.3 is 5.32 Å². The Morgan fingerprint density at radius 1 is 1.40 bits per heavy atom. The van der Waals surface area contributed by atoms with Crippen molar-refractivity contribution < 1.29 is 13.2 Å². The van der Waals surface area contributed by atoms with Crippen LogP contribution in [0.5, 0.6) is 0 Å². The normalized spacial score (nSPS) is 20.4. The maximum Gasteiger partial charge on any atom is 0.231 e. The first-order valence-electron chi connectivity index (χ1n) is 6.70. The molecule has 0 unspecified atom stereocenters. The highest BCUT2D eigenvalue weighted by Gasteiger charge is 2.46. The van der Waals surface area contributed by atoms with Gasteiger partial charge in [-0.05, 0) is 31.4 Å². The first kappa shape index (κ1) is 13.5. The van der Waals surface area contributed by atoms with E-state index in [4.69, 9.17) is 0 Å². The lowest BCUT2D eigenvalue weighted by Gasteiger charge is -2.37. The topological polar surface area (TPSA) is 79.4 Å². The summed E-state index contributed by atoms with van der Waals surface area (Å²) >= 11 is 0. The van der Waals surface area contributed by atoms with Crippen LogP contribution in [0.25, 0.3) is 0 Å². The number of sulfonamides is 1. The number of nitrogens with zero attached hydrogens (tertiary/aromatic N) is 2. The maximum absolute atomic E-state index is 12.0. The fourth-order valence-electron chi connectivity index (χ4n) is 2.22. The van der Waals surface area contributed by atoms with Crippen LogP contribution >= 0.6 is 0 Å². The van der Waals surface area contributed by atoms with E-state index in [1.165, 1.54) is 4.31 Å². The second-order valence-electron chi connectivity index (χ2n) is 5.42. The van der Waals surface area contributed by atoms with Gasteiger partial charge in [0.25, 0.3) is 0 Å². The van der Waals surface area contributed by atoms with E-state index >= 15 is 0 Å². The lowest BCUT2D eigenvalue weighted by molar-refractivity contribution is -0.122. The standard InChI is InChI=1S/C13H17N3O3S/c1-9-3-2-6-14-12(9)15-13(17)10-7-16(8-10)20(18,19)11-4-5-11/h2-3,6,10-11H,4-5,7-8H2,1H3,(H,14,15,17). The average molecular weight is 295 g/mol. The van der Waals surface area contributed by atoms with E-state index < -0.39 is 10.0 Å². The number of carbonyl (C=O) groups excluding carboxylic acids is 1. The van der Waals surface area contributed by atoms with Crippen LogP contribution in [0, 0.1) is 12.8 Å². The van der Waals surface area contributed by atoms with Gasteiger partial charge in [0.2, 0.25) is 15.9 Å². The van der Waals surface area contributed by atoms with Gasteiger partial charge in [-0.15, -0.1) is 0 Å². The Kier molecular flexibility index (Phi) is 3.25. The van der Waals surface area contributed by atoms with Crippen LogP contribution in [0.2, 0.25) is 0 Å². The summed E-state index contributed by atoms with van der Waals surface area (Å²) in [6.07, 6.45) is 3.12. The smallest absolute Gasteiger partial charge is 0.231 e. The lowest BCUT2D eigenvalue weighted by atomic mass is 10.0. The quantitative estimate of drug-likeness (QED) is 0.889. The fourth-order valence-corrected chi connectivity index (χ4v) is 4.15. The van der Waals surface area contributed by atoms with Gasteiger partial charge in [-0.2, -0.15) is 4.31 Å². The molecule has 1 aliphatic heterocycles. The van der Waals surface area contributed by atoms with Crippen molar-refractivity contribution >= 4 is 21.7 Å². The Labute approximate surface area is 118 Å². The molecule has 3 rings (SSSR count). The summed E-state index contributed by atoms with van der Waals surface area (Å²) in [5, 5.41) is 2.55. The molecule has 1 aromatic rings. The Morgan fingerprint density at radius 3 is 2.70 bits per heavy atom. The number of hydrogen-bond acceptors (Lipinski definition) is 4. The van der Waals surface area contributed by atoms with Gasteiger partial charge in [-0.1, -0.05) is 6.07 Å². The van der Waals surface area contributed by atoms with Crippen molar-refractivity contribution in [2.24, 2.45) is 5.92 Å². The van der Waals surface area contributed by atoms with Crippen molar-refractivity contribution in [1.29, 1.82) is 0 Å². The second-order valence-corrected chi connectivity index (χ2v) is 7.63. The molecule has 2 aliphatic rings. The van der Waals surface area contributed by atoms with Gasteiger partial charge in [0.1, 0.15) is 5.82 Å². The summed E-state index contributed by atoms with van der Waals surface area (Å²) in [6.45, 7) is 2.44. The number of nitrogens with one attached hydrogen (secondary N) is 1. The van der Waals surface area contributed by atoms with Crippen LogP contribution in [-0.2, 0) is 14.8 Å². The van der Waals surface area contributed by atoms with Crippen molar-refractivity contribution in [3.8, 4) is 0 Å². The molecular formula is C13H17N3O3S. The summed E-state index contributed by atoms with van der Waals surface area (Å²) in [4.78, 5) is 16.1. The molecule has 1 saturated carbocycles. The summed E-state index contributed by atoms with van der Waals surface area (Å²) < 4.78 is 25.3. The van der Waals surface area contributed by atoms with Crippen LogP contribution in [0.15, 0.2) is 18.3 Å². The minimum atomic E-state index is -3.14. The number of pyridine rings is 1. The van der Waals surface area contributed by atoms with Crippen molar-refractivity contribution in [1.82, 2.24) is 9.29 Å². The van der Waals surface area contributed by atoms with Crippen molar-refractivity contribution in [3.05, 3.63) is 23.9 Å². The Morgan fingerprint density at radius 2 is 2.10 bits per heavy atom. The molecule has 0 spiro atoms. The summed E-state index contributed by atoms with van der Waals surface area (Å²) in [5.74, 6) is 0.111. The minimum absolute atomic E-state index is 0.158. The van der Waals surface area contributed by atoms with Crippen LogP contribution in [0.1, 0.15) is 18.4 Å². The molecule has 20 heavy (non-hydrogen) atoms. The molecule has 1 N–H and O–H groups in total. The third kappa shape index (κ3) is 2.43. The number of hydrogen-bond donors (Lipinski definition) is 1. The van der Waals surface area contributed by atoms with Crippen molar-refractivity contribution in [2.75, 3.05) is 18.4 Å². The van der Waals surface area contributed by atoms with Crippen molar-refractivity contribution in [3.63, 3.8) is 0 Å². The number of aromatic nitrogens is 1. The summed E-state index contributed by atoms with van der Waals surface area (Å²) in [6, 6.07) is 3.67. The highest BCUT2D eigenvalue weighted by atomic mass is 32.2. The predicted molar refractivity (Wildman–Crippen MR) is 74.6 cm³/mol. The Hall–Kier alpha value is -1.47. The van der Waals surface area contributed by atoms with Gasteiger partial charge in [0.05, 0.1) is 11.2 Å². The molecule has 0 bridgehead atoms. The molecule has 1 aromatic heterocycles. The van der Waals surface area contributed by atoms with Crippen molar-refractivity contribution in [2.45, 2.75) is 25.0 Å². The molecule has 0 radical (unpaired) electrons. The first-order valence-corrected chi connectivity index (χ1v) is 8.20. The molecule has 1 amide bonds. The average Bonchev–Trinajstić information content (AvgIpc) is 3.13. The fraction of sp³-hybridized carbons (Fsp3) is 0.538. The van der Waals surface area contributed by atoms with Gasteiger partial charge in [-0.3, -0.25) is 4.79 Å². The zero-order chi connectivity index (χ0) is 14.3. The molecule has 2 fully saturated rings. The molecule has 1 saturated heterocycles. The largest absolute Gasteiger partial charge is 0.310 e. The molecule has 1 aliphatic carbocycles. The third-order valence-electron chi connectivity index (χ3n) is 3.78. The number of amides is 1. The van der Waals surface area contributed by atoms with Crippen LogP contribution in [0.4, 0.5) is 5.82 Å². The first-order chi connectivity index (χ1) is 9.48.